The Bertz CT molecular complexity index is 782. The van der Waals surface area contributed by atoms with Gasteiger partial charge in [-0.1, -0.05) is 53.5 Å². The number of hydrogen-bond donors (Lipinski definition) is 0. The number of likely N-dealkylation sites (tertiary alicyclic amines) is 1. The second-order valence-electron chi connectivity index (χ2n) is 6.42. The predicted octanol–water partition coefficient (Wildman–Crippen LogP) is 4.39. The van der Waals surface area contributed by atoms with Crippen molar-refractivity contribution in [3.05, 3.63) is 63.6 Å². The highest BCUT2D eigenvalue weighted by molar-refractivity contribution is 6.42. The van der Waals surface area contributed by atoms with Crippen LogP contribution in [0.1, 0.15) is 17.0 Å². The lowest BCUT2D eigenvalue weighted by molar-refractivity contribution is -0.145. The van der Waals surface area contributed by atoms with E-state index in [9.17, 15) is 4.79 Å². The second kappa shape index (κ2) is 8.30. The summed E-state index contributed by atoms with van der Waals surface area (Å²) < 4.78 is 10.5. The van der Waals surface area contributed by atoms with Crippen LogP contribution in [0, 0.1) is 5.92 Å². The van der Waals surface area contributed by atoms with E-state index in [2.05, 4.69) is 17.0 Å². The van der Waals surface area contributed by atoms with Crippen molar-refractivity contribution in [1.29, 1.82) is 0 Å². The molecule has 1 heterocycles. The monoisotopic (exact) mass is 393 g/mol. The topological polar surface area (TPSA) is 38.8 Å². The molecule has 0 spiro atoms. The average molecular weight is 394 g/mol. The van der Waals surface area contributed by atoms with Crippen LogP contribution in [0.3, 0.4) is 0 Å². The molecule has 1 aliphatic heterocycles. The Hall–Kier alpha value is -1.75. The molecule has 26 heavy (non-hydrogen) atoms. The van der Waals surface area contributed by atoms with Gasteiger partial charge in [-0.05, 0) is 11.6 Å². The molecule has 0 radical (unpaired) electrons. The lowest BCUT2D eigenvalue weighted by Crippen LogP contribution is -2.24. The lowest BCUT2D eigenvalue weighted by Gasteiger charge is -2.20. The van der Waals surface area contributed by atoms with Crippen LogP contribution in [0.15, 0.2) is 42.5 Å². The second-order valence-corrected chi connectivity index (χ2v) is 7.24. The Balaban J connectivity index is 1.91. The largest absolute Gasteiger partial charge is 0.496 e. The first kappa shape index (κ1) is 19.0. The normalized spacial score (nSPS) is 20.2. The van der Waals surface area contributed by atoms with Crippen molar-refractivity contribution in [3.63, 3.8) is 0 Å². The fourth-order valence-corrected chi connectivity index (χ4v) is 3.90. The number of ether oxygens (including phenoxy) is 2. The highest BCUT2D eigenvalue weighted by Gasteiger charge is 2.40. The summed E-state index contributed by atoms with van der Waals surface area (Å²) in [6, 6.07) is 13.7. The predicted molar refractivity (Wildman–Crippen MR) is 103 cm³/mol. The summed E-state index contributed by atoms with van der Waals surface area (Å²) >= 11 is 12.4. The Morgan fingerprint density at radius 2 is 1.81 bits per heavy atom. The number of carbonyl (C=O) groups is 1. The number of nitrogens with zero attached hydrogens (tertiary/aromatic N) is 1. The van der Waals surface area contributed by atoms with Crippen LogP contribution in [0.4, 0.5) is 0 Å². The molecule has 138 valence electrons. The number of methoxy groups -OCH3 is 2. The molecule has 0 unspecified atom stereocenters. The minimum atomic E-state index is -0.283. The molecule has 0 aromatic heterocycles. The standard InChI is InChI=1S/C20H21Cl2NO3/c1-25-19-9-18(22)17(21)8-14(19)15-11-23(12-16(15)20(24)26-2)10-13-6-4-3-5-7-13/h3-9,15-16H,10-12H2,1-2H3/t15-,16+/m1/s1. The number of benzene rings is 2. The van der Waals surface area contributed by atoms with Crippen LogP contribution < -0.4 is 4.74 Å². The maximum atomic E-state index is 12.4. The number of rotatable bonds is 5. The number of hydrogen-bond acceptors (Lipinski definition) is 4. The van der Waals surface area contributed by atoms with E-state index < -0.39 is 0 Å². The number of esters is 1. The Morgan fingerprint density at radius 3 is 2.46 bits per heavy atom. The van der Waals surface area contributed by atoms with E-state index in [-0.39, 0.29) is 17.8 Å². The Kier molecular flexibility index (Phi) is 6.07. The Labute approximate surface area is 163 Å². The van der Waals surface area contributed by atoms with Crippen LogP contribution in [0.2, 0.25) is 10.0 Å². The van der Waals surface area contributed by atoms with Gasteiger partial charge in [0.25, 0.3) is 0 Å². The SMILES string of the molecule is COC(=O)[C@H]1CN(Cc2ccccc2)C[C@@H]1c1cc(Cl)c(Cl)cc1OC. The van der Waals surface area contributed by atoms with Crippen molar-refractivity contribution in [3.8, 4) is 5.75 Å². The van der Waals surface area contributed by atoms with Crippen molar-refractivity contribution in [2.75, 3.05) is 27.3 Å². The summed E-state index contributed by atoms with van der Waals surface area (Å²) in [6.45, 7) is 2.10. The van der Waals surface area contributed by atoms with E-state index in [1.165, 1.54) is 12.7 Å². The maximum Gasteiger partial charge on any atom is 0.310 e. The highest BCUT2D eigenvalue weighted by atomic mass is 35.5. The molecular formula is C20H21Cl2NO3. The third kappa shape index (κ3) is 3.98. The van der Waals surface area contributed by atoms with Crippen LogP contribution >= 0.6 is 23.2 Å². The Morgan fingerprint density at radius 1 is 1.12 bits per heavy atom. The first-order valence-electron chi connectivity index (χ1n) is 8.40. The first-order valence-corrected chi connectivity index (χ1v) is 9.16. The summed E-state index contributed by atoms with van der Waals surface area (Å²) in [7, 11) is 3.01. The van der Waals surface area contributed by atoms with Crippen LogP contribution in [0.5, 0.6) is 5.75 Å². The summed E-state index contributed by atoms with van der Waals surface area (Å²) in [5, 5.41) is 0.883. The smallest absolute Gasteiger partial charge is 0.310 e. The van der Waals surface area contributed by atoms with E-state index in [1.807, 2.05) is 18.2 Å². The van der Waals surface area contributed by atoms with E-state index >= 15 is 0 Å². The summed E-state index contributed by atoms with van der Waals surface area (Å²) in [5.74, 6) is 0.0595. The van der Waals surface area contributed by atoms with Crippen LogP contribution in [-0.4, -0.2) is 38.2 Å². The summed E-state index contributed by atoms with van der Waals surface area (Å²) in [4.78, 5) is 14.7. The molecule has 2 atom stereocenters. The highest BCUT2D eigenvalue weighted by Crippen LogP contribution is 2.41. The molecule has 3 rings (SSSR count). The van der Waals surface area contributed by atoms with E-state index in [0.717, 1.165) is 12.1 Å². The van der Waals surface area contributed by atoms with E-state index in [0.29, 0.717) is 28.9 Å². The third-order valence-corrected chi connectivity index (χ3v) is 5.54. The molecule has 0 aliphatic carbocycles. The zero-order valence-corrected chi connectivity index (χ0v) is 16.3. The van der Waals surface area contributed by atoms with Crippen molar-refractivity contribution in [2.24, 2.45) is 5.92 Å². The van der Waals surface area contributed by atoms with Gasteiger partial charge < -0.3 is 9.47 Å². The molecule has 4 nitrogen and oxygen atoms in total. The molecule has 1 fully saturated rings. The van der Waals surface area contributed by atoms with Gasteiger partial charge in [0.1, 0.15) is 5.75 Å². The molecule has 2 aromatic rings. The lowest BCUT2D eigenvalue weighted by atomic mass is 9.88. The molecular weight excluding hydrogens is 373 g/mol. The van der Waals surface area contributed by atoms with Crippen molar-refractivity contribution in [1.82, 2.24) is 4.90 Å². The summed E-state index contributed by atoms with van der Waals surface area (Å²) in [5.41, 5.74) is 2.09. The van der Waals surface area contributed by atoms with Crippen LogP contribution in [0.25, 0.3) is 0 Å². The van der Waals surface area contributed by atoms with Gasteiger partial charge in [0, 0.05) is 37.2 Å². The molecule has 0 bridgehead atoms. The van der Waals surface area contributed by atoms with Gasteiger partial charge in [0.15, 0.2) is 0 Å². The van der Waals surface area contributed by atoms with E-state index in [4.69, 9.17) is 32.7 Å². The molecule has 0 N–H and O–H groups in total. The fourth-order valence-electron chi connectivity index (χ4n) is 3.57. The molecule has 0 saturated carbocycles. The quantitative estimate of drug-likeness (QED) is 0.706. The van der Waals surface area contributed by atoms with E-state index in [1.54, 1.807) is 19.2 Å². The van der Waals surface area contributed by atoms with Gasteiger partial charge in [-0.25, -0.2) is 0 Å². The minimum absolute atomic E-state index is 0.0733. The van der Waals surface area contributed by atoms with Gasteiger partial charge in [-0.3, -0.25) is 9.69 Å². The van der Waals surface area contributed by atoms with Crippen molar-refractivity contribution >= 4 is 29.2 Å². The minimum Gasteiger partial charge on any atom is -0.496 e. The van der Waals surface area contributed by atoms with Gasteiger partial charge in [0.2, 0.25) is 0 Å². The zero-order chi connectivity index (χ0) is 18.7. The first-order chi connectivity index (χ1) is 12.5. The summed E-state index contributed by atoms with van der Waals surface area (Å²) in [6.07, 6.45) is 0. The average Bonchev–Trinajstić information content (AvgIpc) is 3.07. The fraction of sp³-hybridized carbons (Fsp3) is 0.350. The van der Waals surface area contributed by atoms with Gasteiger partial charge in [-0.2, -0.15) is 0 Å². The molecule has 2 aromatic carbocycles. The molecule has 1 aliphatic rings. The maximum absolute atomic E-state index is 12.4. The third-order valence-electron chi connectivity index (χ3n) is 4.82. The van der Waals surface area contributed by atoms with Crippen LogP contribution in [-0.2, 0) is 16.1 Å². The van der Waals surface area contributed by atoms with Crippen molar-refractivity contribution in [2.45, 2.75) is 12.5 Å². The van der Waals surface area contributed by atoms with Crippen molar-refractivity contribution < 1.29 is 14.3 Å². The van der Waals surface area contributed by atoms with Gasteiger partial charge >= 0.3 is 5.97 Å². The molecule has 1 saturated heterocycles. The van der Waals surface area contributed by atoms with Gasteiger partial charge in [-0.15, -0.1) is 0 Å². The molecule has 0 amide bonds. The number of halogens is 2. The van der Waals surface area contributed by atoms with Gasteiger partial charge in [0.05, 0.1) is 30.2 Å². The zero-order valence-electron chi connectivity index (χ0n) is 14.7. The molecule has 6 heteroatoms. The number of carbonyl (C=O) groups excluding carboxylic acids is 1.